The maximum Gasteiger partial charge on any atom is 0.306 e. The Balaban J connectivity index is 1.94. The van der Waals surface area contributed by atoms with Gasteiger partial charge in [0.25, 0.3) is 5.52 Å². The van der Waals surface area contributed by atoms with Crippen molar-refractivity contribution in [2.45, 2.75) is 0 Å². The number of fused-ring (bicyclic) bond motifs is 3. The predicted octanol–water partition coefficient (Wildman–Crippen LogP) is 2.43. The van der Waals surface area contributed by atoms with Crippen LogP contribution in [0.3, 0.4) is 0 Å². The number of hydrogen-bond acceptors (Lipinski definition) is 5. The minimum atomic E-state index is -0.547. The molecule has 0 bridgehead atoms. The maximum absolute atomic E-state index is 11.9. The molecule has 0 unspecified atom stereocenters. The number of nitrogens with one attached hydrogen (secondary N) is 1. The Labute approximate surface area is 129 Å². The van der Waals surface area contributed by atoms with E-state index in [9.17, 15) is 5.11 Å². The summed E-state index contributed by atoms with van der Waals surface area (Å²) in [6, 6.07) is 14.5. The fourth-order valence-electron chi connectivity index (χ4n) is 2.28. The molecular formula is C15H9ClN4O2. The normalized spacial score (nSPS) is 11.1. The van der Waals surface area contributed by atoms with Gasteiger partial charge in [0.1, 0.15) is 5.52 Å². The zero-order valence-corrected chi connectivity index (χ0v) is 11.9. The molecule has 0 spiro atoms. The minimum Gasteiger partial charge on any atom is -0.539 e. The van der Waals surface area contributed by atoms with Gasteiger partial charge in [0.2, 0.25) is 5.82 Å². The zero-order valence-electron chi connectivity index (χ0n) is 11.2. The van der Waals surface area contributed by atoms with Crippen LogP contribution in [-0.4, -0.2) is 10.3 Å². The first-order valence-corrected chi connectivity index (χ1v) is 6.90. The molecule has 0 radical (unpaired) electrons. The van der Waals surface area contributed by atoms with Crippen LogP contribution < -0.4 is 14.9 Å². The molecular weight excluding hydrogens is 304 g/mol. The minimum absolute atomic E-state index is 0.258. The van der Waals surface area contributed by atoms with E-state index in [1.807, 2.05) is 24.3 Å². The third kappa shape index (κ3) is 2.01. The largest absolute Gasteiger partial charge is 0.539 e. The lowest BCUT2D eigenvalue weighted by Gasteiger charge is -2.05. The van der Waals surface area contributed by atoms with Crippen LogP contribution in [0.25, 0.3) is 16.6 Å². The molecule has 0 saturated heterocycles. The second-order valence-electron chi connectivity index (χ2n) is 4.70. The molecule has 6 nitrogen and oxygen atoms in total. The van der Waals surface area contributed by atoms with Crippen LogP contribution in [0.5, 0.6) is 5.95 Å². The van der Waals surface area contributed by atoms with Gasteiger partial charge in [-0.15, -0.1) is 0 Å². The van der Waals surface area contributed by atoms with Gasteiger partial charge in [0, 0.05) is 16.8 Å². The van der Waals surface area contributed by atoms with Gasteiger partial charge in [-0.3, -0.25) is 0 Å². The van der Waals surface area contributed by atoms with Gasteiger partial charge in [-0.25, -0.2) is 4.98 Å². The van der Waals surface area contributed by atoms with E-state index in [1.54, 1.807) is 24.3 Å². The van der Waals surface area contributed by atoms with Crippen molar-refractivity contribution in [3.8, 4) is 5.95 Å². The van der Waals surface area contributed by atoms with E-state index in [0.717, 1.165) is 5.69 Å². The first kappa shape index (κ1) is 12.8. The van der Waals surface area contributed by atoms with E-state index in [0.29, 0.717) is 21.9 Å². The van der Waals surface area contributed by atoms with E-state index in [4.69, 9.17) is 16.1 Å². The van der Waals surface area contributed by atoms with Crippen molar-refractivity contribution in [1.82, 2.24) is 10.3 Å². The van der Waals surface area contributed by atoms with Crippen molar-refractivity contribution in [2.75, 3.05) is 5.32 Å². The van der Waals surface area contributed by atoms with Crippen LogP contribution in [-0.2, 0) is 0 Å². The number of benzene rings is 2. The number of rotatable bonds is 2. The summed E-state index contributed by atoms with van der Waals surface area (Å²) in [5, 5.41) is 19.5. The topological polar surface area (TPSA) is 78.1 Å². The molecule has 0 saturated carbocycles. The quantitative estimate of drug-likeness (QED) is 0.575. The van der Waals surface area contributed by atoms with Crippen LogP contribution in [0.1, 0.15) is 0 Å². The smallest absolute Gasteiger partial charge is 0.306 e. The highest BCUT2D eigenvalue weighted by Gasteiger charge is 2.21. The summed E-state index contributed by atoms with van der Waals surface area (Å²) >= 11 is 5.87. The molecule has 0 aliphatic rings. The first-order valence-electron chi connectivity index (χ1n) is 6.52. The number of nitrogens with zero attached hydrogens (tertiary/aromatic N) is 3. The molecule has 2 heterocycles. The third-order valence-corrected chi connectivity index (χ3v) is 3.54. The van der Waals surface area contributed by atoms with Crippen molar-refractivity contribution in [1.29, 1.82) is 0 Å². The highest BCUT2D eigenvalue weighted by molar-refractivity contribution is 6.30. The molecule has 4 aromatic rings. The van der Waals surface area contributed by atoms with Gasteiger partial charge in [-0.05, 0) is 34.8 Å². The molecule has 1 N–H and O–H groups in total. The Morgan fingerprint density at radius 2 is 1.86 bits per heavy atom. The van der Waals surface area contributed by atoms with E-state index in [-0.39, 0.29) is 5.52 Å². The highest BCUT2D eigenvalue weighted by Crippen LogP contribution is 2.25. The molecule has 2 aromatic heterocycles. The van der Waals surface area contributed by atoms with E-state index in [1.165, 1.54) is 4.52 Å². The second kappa shape index (κ2) is 4.85. The summed E-state index contributed by atoms with van der Waals surface area (Å²) in [5.41, 5.74) is 2.41. The van der Waals surface area contributed by atoms with E-state index < -0.39 is 5.95 Å². The Morgan fingerprint density at radius 3 is 2.68 bits per heavy atom. The average molecular weight is 313 g/mol. The van der Waals surface area contributed by atoms with Gasteiger partial charge in [-0.2, -0.15) is 0 Å². The SMILES string of the molecule is [O-]c1on[n+]2c1c(Nc1ccc(Cl)cc1)nc1ccccc12. The molecule has 2 aromatic carbocycles. The molecule has 108 valence electrons. The molecule has 0 aliphatic heterocycles. The average Bonchev–Trinajstić information content (AvgIpc) is 2.92. The fourth-order valence-corrected chi connectivity index (χ4v) is 2.40. The Bertz CT molecular complexity index is 982. The van der Waals surface area contributed by atoms with Crippen LogP contribution in [0.2, 0.25) is 5.02 Å². The van der Waals surface area contributed by atoms with Crippen molar-refractivity contribution < 1.29 is 14.1 Å². The maximum atomic E-state index is 11.9. The highest BCUT2D eigenvalue weighted by atomic mass is 35.5. The molecule has 22 heavy (non-hydrogen) atoms. The number of halogens is 1. The van der Waals surface area contributed by atoms with Crippen molar-refractivity contribution in [3.05, 3.63) is 53.6 Å². The first-order chi connectivity index (χ1) is 10.7. The summed E-state index contributed by atoms with van der Waals surface area (Å²) in [4.78, 5) is 4.49. The number of aromatic nitrogens is 3. The summed E-state index contributed by atoms with van der Waals surface area (Å²) in [5.74, 6) is -0.165. The lowest BCUT2D eigenvalue weighted by molar-refractivity contribution is -0.568. The fraction of sp³-hybridized carbons (Fsp3) is 0. The van der Waals surface area contributed by atoms with Gasteiger partial charge in [0.15, 0.2) is 5.95 Å². The Morgan fingerprint density at radius 1 is 1.09 bits per heavy atom. The molecule has 0 aliphatic carbocycles. The van der Waals surface area contributed by atoms with Crippen LogP contribution in [0, 0.1) is 0 Å². The summed E-state index contributed by atoms with van der Waals surface area (Å²) in [6.07, 6.45) is 0. The van der Waals surface area contributed by atoms with Crippen LogP contribution in [0.4, 0.5) is 11.5 Å². The molecule has 0 amide bonds. The van der Waals surface area contributed by atoms with Crippen LogP contribution >= 0.6 is 11.6 Å². The van der Waals surface area contributed by atoms with Gasteiger partial charge >= 0.3 is 5.52 Å². The summed E-state index contributed by atoms with van der Waals surface area (Å²) < 4.78 is 6.22. The lowest BCUT2D eigenvalue weighted by atomic mass is 10.3. The Hall–Kier alpha value is -2.86. The zero-order chi connectivity index (χ0) is 15.1. The van der Waals surface area contributed by atoms with E-state index in [2.05, 4.69) is 15.6 Å². The second-order valence-corrected chi connectivity index (χ2v) is 5.14. The van der Waals surface area contributed by atoms with Crippen molar-refractivity contribution in [2.24, 2.45) is 0 Å². The van der Waals surface area contributed by atoms with Gasteiger partial charge in [-0.1, -0.05) is 23.7 Å². The third-order valence-electron chi connectivity index (χ3n) is 3.28. The predicted molar refractivity (Wildman–Crippen MR) is 79.1 cm³/mol. The molecule has 0 atom stereocenters. The summed E-state index contributed by atoms with van der Waals surface area (Å²) in [6.45, 7) is 0. The van der Waals surface area contributed by atoms with Gasteiger partial charge < -0.3 is 14.9 Å². The molecule has 0 fully saturated rings. The number of anilines is 2. The van der Waals surface area contributed by atoms with Crippen molar-refractivity contribution >= 4 is 39.7 Å². The standard InChI is InChI=1S/C15H9ClN4O2/c16-9-5-7-10(8-6-9)17-14-13-15(21)22-19-20(13)12-4-2-1-3-11(12)18-14/h1-8H,(H-,17,18,19,21). The Kier molecular flexibility index (Phi) is 2.83. The molecule has 4 rings (SSSR count). The lowest BCUT2D eigenvalue weighted by Crippen LogP contribution is -2.26. The van der Waals surface area contributed by atoms with Crippen LogP contribution in [0.15, 0.2) is 53.1 Å². The summed E-state index contributed by atoms with van der Waals surface area (Å²) in [7, 11) is 0. The van der Waals surface area contributed by atoms with E-state index >= 15 is 0 Å². The molecule has 7 heteroatoms. The monoisotopic (exact) mass is 312 g/mol. The van der Waals surface area contributed by atoms with Crippen molar-refractivity contribution in [3.63, 3.8) is 0 Å². The van der Waals surface area contributed by atoms with Gasteiger partial charge in [0.05, 0.1) is 5.27 Å². The number of para-hydroxylation sites is 2. The number of hydrogen-bond donors (Lipinski definition) is 1.